The van der Waals surface area contributed by atoms with Crippen molar-refractivity contribution in [2.24, 2.45) is 0 Å². The van der Waals surface area contributed by atoms with Crippen LogP contribution < -0.4 is 10.9 Å². The summed E-state index contributed by atoms with van der Waals surface area (Å²) in [5, 5.41) is 4.69. The smallest absolute Gasteiger partial charge is 0.340 e. The van der Waals surface area contributed by atoms with Gasteiger partial charge in [-0.25, -0.2) is 4.79 Å². The minimum atomic E-state index is -0.500. The largest absolute Gasteiger partial charge is 0.461 e. The Bertz CT molecular complexity index is 1430. The van der Waals surface area contributed by atoms with Gasteiger partial charge in [0.15, 0.2) is 0 Å². The molecule has 2 aromatic carbocycles. The summed E-state index contributed by atoms with van der Waals surface area (Å²) in [5.41, 5.74) is 4.70. The molecule has 0 atom stereocenters. The van der Waals surface area contributed by atoms with Crippen molar-refractivity contribution in [3.63, 3.8) is 0 Å². The Morgan fingerprint density at radius 3 is 2.35 bits per heavy atom. The summed E-state index contributed by atoms with van der Waals surface area (Å²) in [6.45, 7) is 10.0. The highest BCUT2D eigenvalue weighted by Gasteiger charge is 2.18. The number of ether oxygens (including phenoxy) is 1. The van der Waals surface area contributed by atoms with E-state index in [-0.39, 0.29) is 12.3 Å². The number of amides is 1. The van der Waals surface area contributed by atoms with Gasteiger partial charge in [0.2, 0.25) is 5.91 Å². The number of benzene rings is 2. The molecule has 1 saturated heterocycles. The lowest BCUT2D eigenvalue weighted by Gasteiger charge is -2.26. The number of hydrogen-bond donors (Lipinski definition) is 1. The van der Waals surface area contributed by atoms with Crippen molar-refractivity contribution >= 4 is 33.5 Å². The number of morpholine rings is 1. The fourth-order valence-electron chi connectivity index (χ4n) is 4.51. The molecule has 1 N–H and O–H groups in total. The molecule has 176 valence electrons. The average Bonchev–Trinajstić information content (AvgIpc) is 3.10. The van der Waals surface area contributed by atoms with Crippen LogP contribution in [0.4, 0.5) is 5.69 Å². The van der Waals surface area contributed by atoms with Crippen LogP contribution in [0.2, 0.25) is 0 Å². The van der Waals surface area contributed by atoms with Gasteiger partial charge in [-0.05, 0) is 55.7 Å². The Labute approximate surface area is 197 Å². The van der Waals surface area contributed by atoms with Crippen molar-refractivity contribution < 1.29 is 18.4 Å². The van der Waals surface area contributed by atoms with Crippen LogP contribution in [-0.4, -0.2) is 37.1 Å². The summed E-state index contributed by atoms with van der Waals surface area (Å²) in [4.78, 5) is 27.8. The number of nitrogens with one attached hydrogen (secondary N) is 1. The zero-order chi connectivity index (χ0) is 23.8. The van der Waals surface area contributed by atoms with Gasteiger partial charge >= 0.3 is 5.63 Å². The Balaban J connectivity index is 1.33. The molecule has 0 aliphatic carbocycles. The number of carbonyl (C=O) groups is 1. The van der Waals surface area contributed by atoms with Crippen LogP contribution in [0, 0.1) is 20.8 Å². The second-order valence-electron chi connectivity index (χ2n) is 8.93. The van der Waals surface area contributed by atoms with E-state index >= 15 is 0 Å². The van der Waals surface area contributed by atoms with Gasteiger partial charge in [0, 0.05) is 42.2 Å². The third kappa shape index (κ3) is 4.36. The van der Waals surface area contributed by atoms with Gasteiger partial charge in [-0.2, -0.15) is 0 Å². The number of nitrogens with zero attached hydrogens (tertiary/aromatic N) is 1. The van der Waals surface area contributed by atoms with Crippen molar-refractivity contribution in [1.82, 2.24) is 4.90 Å². The molecular weight excluding hydrogens is 432 g/mol. The molecule has 1 fully saturated rings. The zero-order valence-electron chi connectivity index (χ0n) is 19.7. The molecule has 4 aromatic rings. The first kappa shape index (κ1) is 22.4. The summed E-state index contributed by atoms with van der Waals surface area (Å²) in [7, 11) is 0. The predicted molar refractivity (Wildman–Crippen MR) is 131 cm³/mol. The molecule has 1 amide bonds. The number of rotatable bonds is 5. The molecule has 34 heavy (non-hydrogen) atoms. The third-order valence-corrected chi connectivity index (χ3v) is 6.67. The van der Waals surface area contributed by atoms with E-state index in [2.05, 4.69) is 10.2 Å². The van der Waals surface area contributed by atoms with Gasteiger partial charge in [0.25, 0.3) is 0 Å². The van der Waals surface area contributed by atoms with E-state index in [1.165, 1.54) is 5.56 Å². The molecule has 2 aromatic heterocycles. The minimum Gasteiger partial charge on any atom is -0.461 e. The minimum absolute atomic E-state index is 0.0545. The SMILES string of the molecule is Cc1oc2cc3oc(=O)c(CC(=O)Nc4ccc(CN5CCOCC5)cc4)c(C)c3cc2c1C. The molecule has 1 aliphatic heterocycles. The van der Waals surface area contributed by atoms with E-state index in [1.54, 1.807) is 6.07 Å². The van der Waals surface area contributed by atoms with Crippen LogP contribution in [0.3, 0.4) is 0 Å². The third-order valence-electron chi connectivity index (χ3n) is 6.67. The van der Waals surface area contributed by atoms with Crippen molar-refractivity contribution in [3.05, 3.63) is 74.8 Å². The fraction of sp³-hybridized carbons (Fsp3) is 0.333. The van der Waals surface area contributed by atoms with E-state index in [0.29, 0.717) is 22.4 Å². The summed E-state index contributed by atoms with van der Waals surface area (Å²) < 4.78 is 16.7. The number of aryl methyl sites for hydroxylation is 3. The quantitative estimate of drug-likeness (QED) is 0.442. The molecule has 0 spiro atoms. The maximum atomic E-state index is 12.8. The summed E-state index contributed by atoms with van der Waals surface area (Å²) in [6, 6.07) is 11.5. The molecular formula is C27H28N2O5. The van der Waals surface area contributed by atoms with E-state index in [0.717, 1.165) is 60.5 Å². The number of hydrogen-bond acceptors (Lipinski definition) is 6. The number of anilines is 1. The maximum absolute atomic E-state index is 12.8. The van der Waals surface area contributed by atoms with Crippen molar-refractivity contribution in [1.29, 1.82) is 0 Å². The molecule has 0 radical (unpaired) electrons. The number of fused-ring (bicyclic) bond motifs is 2. The van der Waals surface area contributed by atoms with Gasteiger partial charge in [0.1, 0.15) is 16.9 Å². The van der Waals surface area contributed by atoms with E-state index in [4.69, 9.17) is 13.6 Å². The first-order valence-corrected chi connectivity index (χ1v) is 11.5. The van der Waals surface area contributed by atoms with Gasteiger partial charge < -0.3 is 18.9 Å². The molecule has 1 aliphatic rings. The zero-order valence-corrected chi connectivity index (χ0v) is 19.7. The van der Waals surface area contributed by atoms with Gasteiger partial charge in [-0.1, -0.05) is 12.1 Å². The summed E-state index contributed by atoms with van der Waals surface area (Å²) in [6.07, 6.45) is -0.0545. The highest BCUT2D eigenvalue weighted by atomic mass is 16.5. The second-order valence-corrected chi connectivity index (χ2v) is 8.93. The standard InChI is InChI=1S/C27H28N2O5/c1-16-18(3)33-24-14-25-22(12-21(16)24)17(2)23(27(31)34-25)13-26(30)28-20-6-4-19(5-7-20)15-29-8-10-32-11-9-29/h4-7,12,14H,8-11,13,15H2,1-3H3,(H,28,30). The van der Waals surface area contributed by atoms with Gasteiger partial charge in [0.05, 0.1) is 25.2 Å². The first-order valence-electron chi connectivity index (χ1n) is 11.5. The molecule has 7 heteroatoms. The molecule has 7 nitrogen and oxygen atoms in total. The van der Waals surface area contributed by atoms with Crippen LogP contribution in [0.25, 0.3) is 21.9 Å². The average molecular weight is 461 g/mol. The molecule has 5 rings (SSSR count). The maximum Gasteiger partial charge on any atom is 0.340 e. The Hall–Kier alpha value is -3.42. The van der Waals surface area contributed by atoms with Crippen molar-refractivity contribution in [2.45, 2.75) is 33.7 Å². The lowest BCUT2D eigenvalue weighted by Crippen LogP contribution is -2.35. The lowest BCUT2D eigenvalue weighted by molar-refractivity contribution is -0.115. The van der Waals surface area contributed by atoms with Crippen LogP contribution in [0.5, 0.6) is 0 Å². The van der Waals surface area contributed by atoms with Crippen LogP contribution in [0.15, 0.2) is 50.0 Å². The fourth-order valence-corrected chi connectivity index (χ4v) is 4.51. The summed E-state index contributed by atoms with van der Waals surface area (Å²) in [5.74, 6) is 0.577. The lowest BCUT2D eigenvalue weighted by atomic mass is 10.0. The Morgan fingerprint density at radius 1 is 0.941 bits per heavy atom. The first-order chi connectivity index (χ1) is 16.4. The molecule has 0 unspecified atom stereocenters. The Kier molecular flexibility index (Phi) is 5.98. The van der Waals surface area contributed by atoms with Crippen LogP contribution in [0.1, 0.15) is 28.0 Å². The molecule has 0 saturated carbocycles. The predicted octanol–water partition coefficient (Wildman–Crippen LogP) is 4.48. The van der Waals surface area contributed by atoms with E-state index in [9.17, 15) is 9.59 Å². The molecule has 0 bridgehead atoms. The normalized spacial score (nSPS) is 14.7. The van der Waals surface area contributed by atoms with Gasteiger partial charge in [-0.3, -0.25) is 9.69 Å². The van der Waals surface area contributed by atoms with E-state index < -0.39 is 5.63 Å². The number of furan rings is 1. The van der Waals surface area contributed by atoms with E-state index in [1.807, 2.05) is 51.1 Å². The highest BCUT2D eigenvalue weighted by Crippen LogP contribution is 2.31. The topological polar surface area (TPSA) is 84.9 Å². The highest BCUT2D eigenvalue weighted by molar-refractivity contribution is 5.98. The van der Waals surface area contributed by atoms with Gasteiger partial charge in [-0.15, -0.1) is 0 Å². The van der Waals surface area contributed by atoms with Crippen LogP contribution >= 0.6 is 0 Å². The monoisotopic (exact) mass is 460 g/mol. The van der Waals surface area contributed by atoms with Crippen molar-refractivity contribution in [3.8, 4) is 0 Å². The Morgan fingerprint density at radius 2 is 1.62 bits per heavy atom. The second kappa shape index (κ2) is 9.08. The molecule has 3 heterocycles. The number of carbonyl (C=O) groups excluding carboxylic acids is 1. The van der Waals surface area contributed by atoms with Crippen molar-refractivity contribution in [2.75, 3.05) is 31.6 Å². The van der Waals surface area contributed by atoms with Crippen LogP contribution in [-0.2, 0) is 22.5 Å². The summed E-state index contributed by atoms with van der Waals surface area (Å²) >= 11 is 0.